The summed E-state index contributed by atoms with van der Waals surface area (Å²) >= 11 is 0. The molecular formula is C12H19ClN2O5S. The zero-order chi connectivity index (χ0) is 15.9. The van der Waals surface area contributed by atoms with E-state index in [1.165, 1.54) is 0 Å². The maximum absolute atomic E-state index is 11.8. The van der Waals surface area contributed by atoms with Gasteiger partial charge in [0.05, 0.1) is 12.3 Å². The van der Waals surface area contributed by atoms with Gasteiger partial charge in [0.15, 0.2) is 5.69 Å². The van der Waals surface area contributed by atoms with E-state index in [0.717, 1.165) is 12.8 Å². The Morgan fingerprint density at radius 2 is 2.00 bits per heavy atom. The number of hydrogen-bond acceptors (Lipinski definition) is 6. The van der Waals surface area contributed by atoms with Crippen molar-refractivity contribution >= 4 is 25.7 Å². The van der Waals surface area contributed by atoms with Crippen molar-refractivity contribution in [3.63, 3.8) is 0 Å². The smallest absolute Gasteiger partial charge is 0.360 e. The SMILES string of the molecule is CCCCOCCOC(=O)c1n[nH]c(CC)c1S(=O)(=O)Cl. The summed E-state index contributed by atoms with van der Waals surface area (Å²) in [5.74, 6) is -0.843. The summed E-state index contributed by atoms with van der Waals surface area (Å²) in [6.07, 6.45) is 2.30. The fraction of sp³-hybridized carbons (Fsp3) is 0.667. The first-order chi connectivity index (χ1) is 9.91. The molecule has 120 valence electrons. The van der Waals surface area contributed by atoms with E-state index in [0.29, 0.717) is 13.0 Å². The van der Waals surface area contributed by atoms with Crippen molar-refractivity contribution in [2.45, 2.75) is 38.0 Å². The first-order valence-electron chi connectivity index (χ1n) is 6.68. The Morgan fingerprint density at radius 1 is 1.29 bits per heavy atom. The lowest BCUT2D eigenvalue weighted by atomic mass is 10.3. The number of carbonyl (C=O) groups is 1. The number of H-pyrrole nitrogens is 1. The van der Waals surface area contributed by atoms with E-state index in [2.05, 4.69) is 10.2 Å². The first-order valence-corrected chi connectivity index (χ1v) is 8.99. The quantitative estimate of drug-likeness (QED) is 0.419. The minimum Gasteiger partial charge on any atom is -0.458 e. The van der Waals surface area contributed by atoms with Crippen LogP contribution in [-0.4, -0.2) is 44.4 Å². The molecule has 1 aromatic heterocycles. The summed E-state index contributed by atoms with van der Waals surface area (Å²) < 4.78 is 33.2. The Balaban J connectivity index is 2.65. The maximum atomic E-state index is 11.8. The molecule has 0 bridgehead atoms. The van der Waals surface area contributed by atoms with Gasteiger partial charge in [-0.05, 0) is 12.8 Å². The Morgan fingerprint density at radius 3 is 2.57 bits per heavy atom. The molecule has 9 heteroatoms. The number of aryl methyl sites for hydroxylation is 1. The average molecular weight is 339 g/mol. The molecule has 0 saturated carbocycles. The van der Waals surface area contributed by atoms with Crippen LogP contribution >= 0.6 is 10.7 Å². The van der Waals surface area contributed by atoms with Crippen LogP contribution in [-0.2, 0) is 24.9 Å². The van der Waals surface area contributed by atoms with E-state index >= 15 is 0 Å². The van der Waals surface area contributed by atoms with Crippen LogP contribution in [0.5, 0.6) is 0 Å². The number of unbranched alkanes of at least 4 members (excludes halogenated alkanes) is 1. The summed E-state index contributed by atoms with van der Waals surface area (Å²) in [6, 6.07) is 0. The molecule has 7 nitrogen and oxygen atoms in total. The first kappa shape index (κ1) is 17.9. The molecule has 1 rings (SSSR count). The van der Waals surface area contributed by atoms with E-state index in [1.807, 2.05) is 6.92 Å². The molecule has 0 aromatic carbocycles. The van der Waals surface area contributed by atoms with Crippen molar-refractivity contribution in [1.29, 1.82) is 0 Å². The normalized spacial score (nSPS) is 11.6. The Bertz CT molecular complexity index is 570. The lowest BCUT2D eigenvalue weighted by molar-refractivity contribution is 0.0304. The lowest BCUT2D eigenvalue weighted by Crippen LogP contribution is -2.14. The van der Waals surface area contributed by atoms with Gasteiger partial charge in [0.25, 0.3) is 9.05 Å². The summed E-state index contributed by atoms with van der Waals surface area (Å²) in [6.45, 7) is 4.63. The summed E-state index contributed by atoms with van der Waals surface area (Å²) in [5.41, 5.74) is -0.0495. The fourth-order valence-corrected chi connectivity index (χ4v) is 2.96. The van der Waals surface area contributed by atoms with E-state index in [1.54, 1.807) is 6.92 Å². The molecule has 1 heterocycles. The van der Waals surface area contributed by atoms with Gasteiger partial charge < -0.3 is 9.47 Å². The number of nitrogens with one attached hydrogen (secondary N) is 1. The number of aromatic nitrogens is 2. The van der Waals surface area contributed by atoms with Gasteiger partial charge in [-0.25, -0.2) is 13.2 Å². The predicted molar refractivity (Wildman–Crippen MR) is 77.0 cm³/mol. The third kappa shape index (κ3) is 5.29. The highest BCUT2D eigenvalue weighted by Crippen LogP contribution is 2.23. The standard InChI is InChI=1S/C12H19ClN2O5S/c1-3-5-6-19-7-8-20-12(16)10-11(21(13,17)18)9(4-2)14-15-10/h3-8H2,1-2H3,(H,14,15). The molecule has 0 atom stereocenters. The van der Waals surface area contributed by atoms with Crippen molar-refractivity contribution < 1.29 is 22.7 Å². The Labute approximate surface area is 128 Å². The van der Waals surface area contributed by atoms with Crippen LogP contribution < -0.4 is 0 Å². The van der Waals surface area contributed by atoms with Gasteiger partial charge in [-0.3, -0.25) is 5.10 Å². The van der Waals surface area contributed by atoms with E-state index in [4.69, 9.17) is 20.2 Å². The Kier molecular flexibility index (Phi) is 7.13. The number of aromatic amines is 1. The highest BCUT2D eigenvalue weighted by Gasteiger charge is 2.28. The second-order valence-electron chi connectivity index (χ2n) is 4.27. The second-order valence-corrected chi connectivity index (χ2v) is 6.78. The fourth-order valence-electron chi connectivity index (χ4n) is 1.62. The molecule has 0 aliphatic carbocycles. The molecule has 0 spiro atoms. The highest BCUT2D eigenvalue weighted by molar-refractivity contribution is 8.13. The molecule has 0 aliphatic heterocycles. The molecule has 0 fully saturated rings. The molecule has 1 aromatic rings. The minimum atomic E-state index is -4.07. The lowest BCUT2D eigenvalue weighted by Gasteiger charge is -2.05. The van der Waals surface area contributed by atoms with Crippen molar-refractivity contribution in [3.05, 3.63) is 11.4 Å². The van der Waals surface area contributed by atoms with Crippen LogP contribution in [0.15, 0.2) is 4.90 Å². The molecule has 0 radical (unpaired) electrons. The molecular weight excluding hydrogens is 320 g/mol. The number of nitrogens with zero attached hydrogens (tertiary/aromatic N) is 1. The summed E-state index contributed by atoms with van der Waals surface area (Å²) in [4.78, 5) is 11.5. The van der Waals surface area contributed by atoms with Gasteiger partial charge in [0.1, 0.15) is 11.5 Å². The number of halogens is 1. The predicted octanol–water partition coefficient (Wildman–Crippen LogP) is 1.87. The van der Waals surface area contributed by atoms with Gasteiger partial charge in [-0.1, -0.05) is 20.3 Å². The van der Waals surface area contributed by atoms with Crippen molar-refractivity contribution in [1.82, 2.24) is 10.2 Å². The zero-order valence-corrected chi connectivity index (χ0v) is 13.6. The maximum Gasteiger partial charge on any atom is 0.360 e. The van der Waals surface area contributed by atoms with Crippen LogP contribution in [0.4, 0.5) is 0 Å². The molecule has 0 aliphatic rings. The monoisotopic (exact) mass is 338 g/mol. The van der Waals surface area contributed by atoms with Gasteiger partial charge in [-0.2, -0.15) is 5.10 Å². The molecule has 0 amide bonds. The minimum absolute atomic E-state index is 0.0264. The van der Waals surface area contributed by atoms with Crippen LogP contribution in [0, 0.1) is 0 Å². The van der Waals surface area contributed by atoms with Crippen LogP contribution in [0.2, 0.25) is 0 Å². The number of hydrogen-bond donors (Lipinski definition) is 1. The number of ether oxygens (including phenoxy) is 2. The topological polar surface area (TPSA) is 98.3 Å². The van der Waals surface area contributed by atoms with E-state index in [-0.39, 0.29) is 29.5 Å². The average Bonchev–Trinajstić information content (AvgIpc) is 2.86. The number of carbonyl (C=O) groups excluding carboxylic acids is 1. The number of esters is 1. The van der Waals surface area contributed by atoms with Gasteiger partial charge >= 0.3 is 5.97 Å². The van der Waals surface area contributed by atoms with Crippen molar-refractivity contribution in [2.24, 2.45) is 0 Å². The second kappa shape index (κ2) is 8.35. The molecule has 21 heavy (non-hydrogen) atoms. The summed E-state index contributed by atoms with van der Waals surface area (Å²) in [5, 5.41) is 6.16. The van der Waals surface area contributed by atoms with Crippen LogP contribution in [0.3, 0.4) is 0 Å². The van der Waals surface area contributed by atoms with E-state index in [9.17, 15) is 13.2 Å². The van der Waals surface area contributed by atoms with Gasteiger partial charge in [0, 0.05) is 17.3 Å². The summed E-state index contributed by atoms with van der Waals surface area (Å²) in [7, 11) is 1.26. The van der Waals surface area contributed by atoms with Crippen molar-refractivity contribution in [3.8, 4) is 0 Å². The number of rotatable bonds is 9. The van der Waals surface area contributed by atoms with Gasteiger partial charge in [-0.15, -0.1) is 0 Å². The van der Waals surface area contributed by atoms with Gasteiger partial charge in [0.2, 0.25) is 0 Å². The molecule has 0 saturated heterocycles. The zero-order valence-electron chi connectivity index (χ0n) is 12.0. The Hall–Kier alpha value is -1.12. The van der Waals surface area contributed by atoms with Crippen molar-refractivity contribution in [2.75, 3.05) is 19.8 Å². The van der Waals surface area contributed by atoms with Crippen LogP contribution in [0.1, 0.15) is 42.9 Å². The van der Waals surface area contributed by atoms with E-state index < -0.39 is 15.0 Å². The van der Waals surface area contributed by atoms with Crippen LogP contribution in [0.25, 0.3) is 0 Å². The largest absolute Gasteiger partial charge is 0.458 e. The molecule has 1 N–H and O–H groups in total. The third-order valence-corrected chi connectivity index (χ3v) is 4.08. The third-order valence-electron chi connectivity index (χ3n) is 2.69. The highest BCUT2D eigenvalue weighted by atomic mass is 35.7. The molecule has 0 unspecified atom stereocenters.